The minimum atomic E-state index is -0.0710. The Balaban J connectivity index is 0.00000144. The van der Waals surface area contributed by atoms with E-state index in [1.165, 1.54) is 5.56 Å². The first-order valence-corrected chi connectivity index (χ1v) is 9.84. The van der Waals surface area contributed by atoms with Crippen molar-refractivity contribution < 1.29 is 12.1 Å². The Morgan fingerprint density at radius 3 is 2.60 bits per heavy atom. The minimum absolute atomic E-state index is 0. The molecule has 2 heterocycles. The average Bonchev–Trinajstić information content (AvgIpc) is 3.33. The molecule has 2 aromatic carbocycles. The van der Waals surface area contributed by atoms with E-state index in [2.05, 4.69) is 32.7 Å². The van der Waals surface area contributed by atoms with E-state index >= 15 is 0 Å². The largest absolute Gasteiger partial charge is 0.472 e. The van der Waals surface area contributed by atoms with Gasteiger partial charge in [-0.05, 0) is 36.2 Å². The zero-order valence-electron chi connectivity index (χ0n) is 16.2. The number of nitrogens with one attached hydrogen (secondary N) is 2. The zero-order chi connectivity index (χ0) is 20.3. The van der Waals surface area contributed by atoms with Gasteiger partial charge < -0.3 is 15.1 Å². The van der Waals surface area contributed by atoms with Crippen LogP contribution >= 0.6 is 0 Å². The number of nitrogens with zero attached hydrogens (tertiary/aromatic N) is 2. The van der Waals surface area contributed by atoms with Crippen LogP contribution < -0.4 is 10.6 Å². The Bertz CT molecular complexity index is 1150. The molecule has 6 nitrogen and oxygen atoms in total. The highest BCUT2D eigenvalue weighted by Crippen LogP contribution is 2.40. The zero-order valence-corrected chi connectivity index (χ0v) is 16.2. The van der Waals surface area contributed by atoms with Crippen LogP contribution in [0.5, 0.6) is 0 Å². The summed E-state index contributed by atoms with van der Waals surface area (Å²) in [5.74, 6) is 0.794. The number of hydrogen-bond donors (Lipinski definition) is 2. The van der Waals surface area contributed by atoms with Gasteiger partial charge in [0.2, 0.25) is 5.95 Å². The molecule has 1 amide bonds. The molecule has 2 aromatic heterocycles. The van der Waals surface area contributed by atoms with Crippen LogP contribution in [0.2, 0.25) is 0 Å². The van der Waals surface area contributed by atoms with Gasteiger partial charge in [0.1, 0.15) is 0 Å². The lowest BCUT2D eigenvalue weighted by Gasteiger charge is -2.08. The maximum Gasteiger partial charge on any atom is 0.251 e. The summed E-state index contributed by atoms with van der Waals surface area (Å²) in [6.45, 7) is 0. The first-order chi connectivity index (χ1) is 14.8. The molecule has 0 saturated heterocycles. The fraction of sp³-hybridized carbons (Fsp3) is 0.125. The standard InChI is InChI=1S/C24H20N4O2.2H2/c29-23(28-22-12-21(22)16-5-2-1-3-6-16)17-7-4-8-20(11-17)27-24-25-13-19(14-26-24)18-9-10-30-15-18;;/h1-11,13-15,21-22H,12H2,(H,28,29)(H,25,26,27);2*1H/t21-,22+;;/m0../s1. The molecule has 0 unspecified atom stereocenters. The van der Waals surface area contributed by atoms with Gasteiger partial charge in [-0.2, -0.15) is 0 Å². The number of aromatic nitrogens is 2. The van der Waals surface area contributed by atoms with Gasteiger partial charge in [0.15, 0.2) is 0 Å². The highest BCUT2D eigenvalue weighted by atomic mass is 16.3. The first-order valence-electron chi connectivity index (χ1n) is 9.84. The van der Waals surface area contributed by atoms with E-state index in [9.17, 15) is 4.79 Å². The number of carbonyl (C=O) groups is 1. The third-order valence-electron chi connectivity index (χ3n) is 5.22. The smallest absolute Gasteiger partial charge is 0.251 e. The highest BCUT2D eigenvalue weighted by molar-refractivity contribution is 5.95. The molecule has 4 aromatic rings. The van der Waals surface area contributed by atoms with E-state index in [-0.39, 0.29) is 14.8 Å². The molecule has 30 heavy (non-hydrogen) atoms. The van der Waals surface area contributed by atoms with Crippen LogP contribution in [0, 0.1) is 0 Å². The molecule has 0 radical (unpaired) electrons. The van der Waals surface area contributed by atoms with Crippen molar-refractivity contribution in [2.24, 2.45) is 0 Å². The summed E-state index contributed by atoms with van der Waals surface area (Å²) in [4.78, 5) is 21.4. The summed E-state index contributed by atoms with van der Waals surface area (Å²) in [5.41, 5.74) is 4.44. The van der Waals surface area contributed by atoms with Crippen LogP contribution in [-0.4, -0.2) is 21.9 Å². The maximum absolute atomic E-state index is 12.7. The predicted octanol–water partition coefficient (Wildman–Crippen LogP) is 5.26. The summed E-state index contributed by atoms with van der Waals surface area (Å²) < 4.78 is 5.08. The number of anilines is 2. The van der Waals surface area contributed by atoms with E-state index < -0.39 is 0 Å². The molecule has 2 N–H and O–H groups in total. The topological polar surface area (TPSA) is 80.0 Å². The number of furan rings is 1. The van der Waals surface area contributed by atoms with Crippen molar-refractivity contribution in [1.82, 2.24) is 15.3 Å². The fourth-order valence-electron chi connectivity index (χ4n) is 3.51. The molecule has 5 rings (SSSR count). The van der Waals surface area contributed by atoms with Gasteiger partial charge in [0.05, 0.1) is 12.5 Å². The lowest BCUT2D eigenvalue weighted by atomic mass is 10.1. The lowest BCUT2D eigenvalue weighted by Crippen LogP contribution is -2.26. The molecule has 0 aliphatic heterocycles. The molecule has 1 saturated carbocycles. The monoisotopic (exact) mass is 400 g/mol. The fourth-order valence-corrected chi connectivity index (χ4v) is 3.51. The van der Waals surface area contributed by atoms with Gasteiger partial charge >= 0.3 is 0 Å². The summed E-state index contributed by atoms with van der Waals surface area (Å²) in [5, 5.41) is 6.28. The number of benzene rings is 2. The molecular formula is C24H24N4O2. The predicted molar refractivity (Wildman–Crippen MR) is 119 cm³/mol. The van der Waals surface area contributed by atoms with E-state index in [1.54, 1.807) is 24.9 Å². The van der Waals surface area contributed by atoms with Crippen LogP contribution in [0.15, 0.2) is 90.0 Å². The van der Waals surface area contributed by atoms with Crippen LogP contribution in [-0.2, 0) is 0 Å². The SMILES string of the molecule is O=C(N[C@@H]1C[C@H]1c1ccccc1)c1cccc(Nc2ncc(-c3ccoc3)cn2)c1.[HH].[HH]. The average molecular weight is 400 g/mol. The number of rotatable bonds is 6. The third kappa shape index (κ3) is 3.93. The van der Waals surface area contributed by atoms with Crippen molar-refractivity contribution in [3.8, 4) is 11.1 Å². The summed E-state index contributed by atoms with van der Waals surface area (Å²) in [7, 11) is 0. The maximum atomic E-state index is 12.7. The van der Waals surface area contributed by atoms with Crippen LogP contribution in [0.3, 0.4) is 0 Å². The second-order valence-electron chi connectivity index (χ2n) is 7.35. The Morgan fingerprint density at radius 2 is 1.83 bits per heavy atom. The Kier molecular flexibility index (Phi) is 4.73. The van der Waals surface area contributed by atoms with E-state index in [1.807, 2.05) is 48.5 Å². The van der Waals surface area contributed by atoms with Gasteiger partial charge in [0.25, 0.3) is 5.91 Å². The Hall–Kier alpha value is -3.93. The van der Waals surface area contributed by atoms with Crippen LogP contribution in [0.1, 0.15) is 31.1 Å². The summed E-state index contributed by atoms with van der Waals surface area (Å²) in [6.07, 6.45) is 7.70. The van der Waals surface area contributed by atoms with Crippen molar-refractivity contribution in [1.29, 1.82) is 0 Å². The van der Waals surface area contributed by atoms with Crippen molar-refractivity contribution >= 4 is 17.5 Å². The van der Waals surface area contributed by atoms with E-state index in [0.717, 1.165) is 23.2 Å². The summed E-state index contributed by atoms with van der Waals surface area (Å²) in [6, 6.07) is 19.7. The minimum Gasteiger partial charge on any atom is -0.472 e. The van der Waals surface area contributed by atoms with Gasteiger partial charge in [-0.1, -0.05) is 36.4 Å². The molecule has 2 atom stereocenters. The van der Waals surface area contributed by atoms with Crippen LogP contribution in [0.4, 0.5) is 11.6 Å². The van der Waals surface area contributed by atoms with E-state index in [0.29, 0.717) is 17.4 Å². The molecule has 1 aliphatic rings. The Labute approximate surface area is 177 Å². The molecule has 0 bridgehead atoms. The molecular weight excluding hydrogens is 376 g/mol. The highest BCUT2D eigenvalue weighted by Gasteiger charge is 2.39. The number of hydrogen-bond acceptors (Lipinski definition) is 5. The van der Waals surface area contributed by atoms with Crippen molar-refractivity contribution in [3.63, 3.8) is 0 Å². The van der Waals surface area contributed by atoms with Crippen LogP contribution in [0.25, 0.3) is 11.1 Å². The van der Waals surface area contributed by atoms with Crippen molar-refractivity contribution in [2.75, 3.05) is 5.32 Å². The second kappa shape index (κ2) is 7.83. The number of carbonyl (C=O) groups excluding carboxylic acids is 1. The molecule has 152 valence electrons. The van der Waals surface area contributed by atoms with Gasteiger partial charge in [-0.25, -0.2) is 9.97 Å². The van der Waals surface area contributed by atoms with Crippen molar-refractivity contribution in [3.05, 3.63) is 96.7 Å². The molecule has 0 spiro atoms. The first kappa shape index (κ1) is 18.1. The Morgan fingerprint density at radius 1 is 1.00 bits per heavy atom. The molecule has 1 fully saturated rings. The normalized spacial score (nSPS) is 17.3. The quantitative estimate of drug-likeness (QED) is 0.462. The molecule has 1 aliphatic carbocycles. The van der Waals surface area contributed by atoms with E-state index in [4.69, 9.17) is 4.42 Å². The lowest BCUT2D eigenvalue weighted by molar-refractivity contribution is 0.0950. The molecule has 6 heteroatoms. The van der Waals surface area contributed by atoms with Gasteiger partial charge in [0, 0.05) is 49.6 Å². The second-order valence-corrected chi connectivity index (χ2v) is 7.35. The van der Waals surface area contributed by atoms with Crippen molar-refractivity contribution in [2.45, 2.75) is 18.4 Å². The number of amides is 1. The third-order valence-corrected chi connectivity index (χ3v) is 5.22. The van der Waals surface area contributed by atoms with Gasteiger partial charge in [-0.3, -0.25) is 4.79 Å². The van der Waals surface area contributed by atoms with Gasteiger partial charge in [-0.15, -0.1) is 0 Å². The summed E-state index contributed by atoms with van der Waals surface area (Å²) >= 11 is 0.